The number of ether oxygens (including phenoxy) is 1. The molecule has 0 aliphatic heterocycles. The molecule has 0 bridgehead atoms. The highest BCUT2D eigenvalue weighted by Gasteiger charge is 2.20. The number of hydrogen-bond donors (Lipinski definition) is 1. The minimum absolute atomic E-state index is 0.489. The largest absolute Gasteiger partial charge is 0.381 e. The Morgan fingerprint density at radius 3 is 2.87 bits per heavy atom. The highest BCUT2D eigenvalue weighted by molar-refractivity contribution is 7.09. The number of hydrogen-bond acceptors (Lipinski definition) is 4. The molecule has 1 aromatic heterocycles. The predicted molar refractivity (Wildman–Crippen MR) is 62.0 cm³/mol. The molecule has 15 heavy (non-hydrogen) atoms. The molecule has 0 amide bonds. The van der Waals surface area contributed by atoms with Crippen molar-refractivity contribution in [2.45, 2.75) is 44.4 Å². The first-order valence-corrected chi connectivity index (χ1v) is 6.41. The van der Waals surface area contributed by atoms with Gasteiger partial charge in [-0.3, -0.25) is 0 Å². The van der Waals surface area contributed by atoms with Crippen molar-refractivity contribution in [2.75, 3.05) is 7.11 Å². The first-order chi connectivity index (χ1) is 7.38. The van der Waals surface area contributed by atoms with Gasteiger partial charge in [0.1, 0.15) is 5.01 Å². The Bertz CT molecular complexity index is 268. The quantitative estimate of drug-likeness (QED) is 0.854. The number of nitrogens with zero attached hydrogens (tertiary/aromatic N) is 1. The van der Waals surface area contributed by atoms with E-state index in [-0.39, 0.29) is 0 Å². The summed E-state index contributed by atoms with van der Waals surface area (Å²) in [5, 5.41) is 6.77. The second-order valence-corrected chi connectivity index (χ2v) is 5.00. The Morgan fingerprint density at radius 1 is 1.47 bits per heavy atom. The van der Waals surface area contributed by atoms with E-state index in [9.17, 15) is 0 Å². The summed E-state index contributed by atoms with van der Waals surface area (Å²) in [5.41, 5.74) is 0. The molecule has 4 heteroatoms. The molecular formula is C11H18N2OS. The van der Waals surface area contributed by atoms with Crippen LogP contribution in [0, 0.1) is 0 Å². The molecule has 1 fully saturated rings. The van der Waals surface area contributed by atoms with Gasteiger partial charge >= 0.3 is 0 Å². The molecule has 1 aromatic rings. The van der Waals surface area contributed by atoms with Crippen LogP contribution in [0.3, 0.4) is 0 Å². The van der Waals surface area contributed by atoms with Gasteiger partial charge in [-0.2, -0.15) is 0 Å². The van der Waals surface area contributed by atoms with Crippen LogP contribution in [0.4, 0.5) is 0 Å². The Balaban J connectivity index is 1.69. The van der Waals surface area contributed by atoms with E-state index in [1.807, 2.05) is 18.7 Å². The third kappa shape index (κ3) is 3.26. The van der Waals surface area contributed by atoms with Gasteiger partial charge in [-0.25, -0.2) is 4.98 Å². The van der Waals surface area contributed by atoms with E-state index in [1.54, 1.807) is 11.3 Å². The Hall–Kier alpha value is -0.450. The Kier molecular flexibility index (Phi) is 4.11. The fourth-order valence-electron chi connectivity index (χ4n) is 2.07. The van der Waals surface area contributed by atoms with Crippen molar-refractivity contribution in [2.24, 2.45) is 0 Å². The number of aromatic nitrogens is 1. The lowest BCUT2D eigenvalue weighted by Gasteiger charge is -2.28. The van der Waals surface area contributed by atoms with Crippen LogP contribution in [0.25, 0.3) is 0 Å². The molecule has 1 saturated carbocycles. The highest BCUT2D eigenvalue weighted by Crippen LogP contribution is 2.20. The molecule has 0 spiro atoms. The van der Waals surface area contributed by atoms with Crippen LogP contribution in [0.2, 0.25) is 0 Å². The first-order valence-electron chi connectivity index (χ1n) is 5.53. The minimum Gasteiger partial charge on any atom is -0.381 e. The SMILES string of the molecule is COC1CCC(NCc2nccs2)CC1. The van der Waals surface area contributed by atoms with Crippen molar-refractivity contribution in [3.8, 4) is 0 Å². The molecule has 0 radical (unpaired) electrons. The zero-order valence-corrected chi connectivity index (χ0v) is 9.93. The summed E-state index contributed by atoms with van der Waals surface area (Å²) >= 11 is 1.72. The topological polar surface area (TPSA) is 34.1 Å². The molecule has 0 atom stereocenters. The van der Waals surface area contributed by atoms with Crippen LogP contribution in [0.1, 0.15) is 30.7 Å². The average Bonchev–Trinajstić information content (AvgIpc) is 2.80. The van der Waals surface area contributed by atoms with Gasteiger partial charge < -0.3 is 10.1 Å². The van der Waals surface area contributed by atoms with Crippen LogP contribution in [-0.4, -0.2) is 24.2 Å². The fourth-order valence-corrected chi connectivity index (χ4v) is 2.64. The molecule has 1 heterocycles. The Morgan fingerprint density at radius 2 is 2.27 bits per heavy atom. The zero-order valence-electron chi connectivity index (χ0n) is 9.11. The van der Waals surface area contributed by atoms with Crippen LogP contribution in [0.5, 0.6) is 0 Å². The summed E-state index contributed by atoms with van der Waals surface area (Å²) in [6.07, 6.45) is 7.18. The number of methoxy groups -OCH3 is 1. The third-order valence-electron chi connectivity index (χ3n) is 3.03. The third-order valence-corrected chi connectivity index (χ3v) is 3.81. The van der Waals surface area contributed by atoms with Gasteiger partial charge in [-0.1, -0.05) is 0 Å². The number of rotatable bonds is 4. The van der Waals surface area contributed by atoms with E-state index in [0.717, 1.165) is 6.54 Å². The van der Waals surface area contributed by atoms with Crippen molar-refractivity contribution >= 4 is 11.3 Å². The lowest BCUT2D eigenvalue weighted by molar-refractivity contribution is 0.0624. The van der Waals surface area contributed by atoms with E-state index in [2.05, 4.69) is 10.3 Å². The van der Waals surface area contributed by atoms with Crippen molar-refractivity contribution in [1.29, 1.82) is 0 Å². The molecule has 84 valence electrons. The summed E-state index contributed by atoms with van der Waals surface area (Å²) in [6, 6.07) is 0.653. The monoisotopic (exact) mass is 226 g/mol. The lowest BCUT2D eigenvalue weighted by atomic mass is 9.93. The second kappa shape index (κ2) is 5.58. The zero-order chi connectivity index (χ0) is 10.5. The van der Waals surface area contributed by atoms with Crippen molar-refractivity contribution < 1.29 is 4.74 Å². The van der Waals surface area contributed by atoms with E-state index >= 15 is 0 Å². The molecule has 3 nitrogen and oxygen atoms in total. The lowest BCUT2D eigenvalue weighted by Crippen LogP contribution is -2.34. The van der Waals surface area contributed by atoms with Gasteiger partial charge in [0, 0.05) is 31.3 Å². The van der Waals surface area contributed by atoms with Crippen LogP contribution < -0.4 is 5.32 Å². The van der Waals surface area contributed by atoms with Crippen LogP contribution >= 0.6 is 11.3 Å². The summed E-state index contributed by atoms with van der Waals surface area (Å²) in [5.74, 6) is 0. The standard InChI is InChI=1S/C11H18N2OS/c1-14-10-4-2-9(3-5-10)13-8-11-12-6-7-15-11/h6-7,9-10,13H,2-5,8H2,1H3. The van der Waals surface area contributed by atoms with E-state index < -0.39 is 0 Å². The van der Waals surface area contributed by atoms with E-state index in [4.69, 9.17) is 4.74 Å². The maximum atomic E-state index is 5.35. The van der Waals surface area contributed by atoms with Gasteiger partial charge in [-0.15, -0.1) is 11.3 Å². The molecule has 2 rings (SSSR count). The van der Waals surface area contributed by atoms with Gasteiger partial charge in [-0.05, 0) is 25.7 Å². The maximum Gasteiger partial charge on any atom is 0.106 e. The van der Waals surface area contributed by atoms with Crippen molar-refractivity contribution in [3.63, 3.8) is 0 Å². The smallest absolute Gasteiger partial charge is 0.106 e. The molecule has 1 aliphatic rings. The highest BCUT2D eigenvalue weighted by atomic mass is 32.1. The van der Waals surface area contributed by atoms with Gasteiger partial charge in [0.25, 0.3) is 0 Å². The Labute approximate surface area is 94.9 Å². The summed E-state index contributed by atoms with van der Waals surface area (Å²) in [4.78, 5) is 4.26. The molecule has 0 aromatic carbocycles. The number of nitrogens with one attached hydrogen (secondary N) is 1. The summed E-state index contributed by atoms with van der Waals surface area (Å²) in [6.45, 7) is 0.917. The molecular weight excluding hydrogens is 208 g/mol. The fraction of sp³-hybridized carbons (Fsp3) is 0.727. The van der Waals surface area contributed by atoms with E-state index in [0.29, 0.717) is 12.1 Å². The molecule has 1 N–H and O–H groups in total. The average molecular weight is 226 g/mol. The second-order valence-electron chi connectivity index (χ2n) is 4.02. The number of thiazole rings is 1. The van der Waals surface area contributed by atoms with Gasteiger partial charge in [0.15, 0.2) is 0 Å². The summed E-state index contributed by atoms with van der Waals surface area (Å²) < 4.78 is 5.35. The predicted octanol–water partition coefficient (Wildman–Crippen LogP) is 2.19. The molecule has 0 unspecified atom stereocenters. The molecule has 1 aliphatic carbocycles. The van der Waals surface area contributed by atoms with Crippen molar-refractivity contribution in [3.05, 3.63) is 16.6 Å². The van der Waals surface area contributed by atoms with Gasteiger partial charge in [0.2, 0.25) is 0 Å². The minimum atomic E-state index is 0.489. The van der Waals surface area contributed by atoms with Gasteiger partial charge in [0.05, 0.1) is 6.10 Å². The maximum absolute atomic E-state index is 5.35. The summed E-state index contributed by atoms with van der Waals surface area (Å²) in [7, 11) is 1.81. The van der Waals surface area contributed by atoms with Crippen molar-refractivity contribution in [1.82, 2.24) is 10.3 Å². The van der Waals surface area contributed by atoms with Crippen LogP contribution in [-0.2, 0) is 11.3 Å². The van der Waals surface area contributed by atoms with Crippen LogP contribution in [0.15, 0.2) is 11.6 Å². The molecule has 0 saturated heterocycles. The van der Waals surface area contributed by atoms with E-state index in [1.165, 1.54) is 30.7 Å². The normalized spacial score (nSPS) is 26.7. The first kappa shape index (κ1) is 11.0.